The van der Waals surface area contributed by atoms with E-state index >= 15 is 0 Å². The number of anilines is 1. The minimum Gasteiger partial charge on any atom is -0.351 e. The van der Waals surface area contributed by atoms with Gasteiger partial charge in [0.25, 0.3) is 0 Å². The molecule has 1 N–H and O–H groups in total. The first-order chi connectivity index (χ1) is 8.15. The van der Waals surface area contributed by atoms with Gasteiger partial charge >= 0.3 is 0 Å². The van der Waals surface area contributed by atoms with Crippen molar-refractivity contribution in [1.82, 2.24) is 14.9 Å². The zero-order chi connectivity index (χ0) is 12.3. The van der Waals surface area contributed by atoms with Crippen LogP contribution in [0.15, 0.2) is 12.4 Å². The number of nitrogens with one attached hydrogen (secondary N) is 1. The molecule has 1 aromatic rings. The lowest BCUT2D eigenvalue weighted by Gasteiger charge is -2.31. The highest BCUT2D eigenvalue weighted by atomic mass is 19.1. The summed E-state index contributed by atoms with van der Waals surface area (Å²) in [5, 5.41) is 3.14. The van der Waals surface area contributed by atoms with Gasteiger partial charge in [-0.2, -0.15) is 0 Å². The number of hydrogen-bond donors (Lipinski definition) is 1. The maximum Gasteiger partial charge on any atom is 0.222 e. The number of aromatic nitrogens is 2. The fourth-order valence-corrected chi connectivity index (χ4v) is 1.91. The molecule has 1 fully saturated rings. The van der Waals surface area contributed by atoms with Crippen LogP contribution in [-0.2, 0) is 4.79 Å². The van der Waals surface area contributed by atoms with Gasteiger partial charge in [-0.15, -0.1) is 0 Å². The van der Waals surface area contributed by atoms with Gasteiger partial charge in [0.15, 0.2) is 5.82 Å². The molecule has 0 aliphatic carbocycles. The number of nitrogens with zero attached hydrogens (tertiary/aromatic N) is 3. The van der Waals surface area contributed by atoms with Gasteiger partial charge < -0.3 is 10.2 Å². The van der Waals surface area contributed by atoms with Crippen molar-refractivity contribution in [2.75, 3.05) is 18.4 Å². The molecule has 0 bridgehead atoms. The average molecular weight is 238 g/mol. The maximum absolute atomic E-state index is 12.6. The molecule has 17 heavy (non-hydrogen) atoms. The molecule has 1 aromatic heterocycles. The standard InChI is InChI=1S/C11H15FN4O/c1-8(17)16-4-2-10(3-5-16)15-11-13-6-9(12)7-14-11/h6-7,10H,2-5H2,1H3,(H,13,14,15). The second-order valence-corrected chi connectivity index (χ2v) is 4.15. The highest BCUT2D eigenvalue weighted by Crippen LogP contribution is 2.13. The molecule has 1 aliphatic heterocycles. The van der Waals surface area contributed by atoms with E-state index in [4.69, 9.17) is 0 Å². The number of piperidine rings is 1. The van der Waals surface area contributed by atoms with E-state index in [1.165, 1.54) is 0 Å². The Hall–Kier alpha value is -1.72. The third-order valence-electron chi connectivity index (χ3n) is 2.89. The predicted octanol–water partition coefficient (Wildman–Crippen LogP) is 1.04. The Kier molecular flexibility index (Phi) is 3.51. The lowest BCUT2D eigenvalue weighted by atomic mass is 10.1. The Labute approximate surface area is 99.1 Å². The number of rotatable bonds is 2. The van der Waals surface area contributed by atoms with Crippen molar-refractivity contribution in [3.05, 3.63) is 18.2 Å². The summed E-state index contributed by atoms with van der Waals surface area (Å²) < 4.78 is 12.6. The van der Waals surface area contributed by atoms with E-state index in [1.54, 1.807) is 6.92 Å². The van der Waals surface area contributed by atoms with Crippen LogP contribution >= 0.6 is 0 Å². The molecule has 0 saturated carbocycles. The van der Waals surface area contributed by atoms with Gasteiger partial charge in [-0.1, -0.05) is 0 Å². The summed E-state index contributed by atoms with van der Waals surface area (Å²) >= 11 is 0. The van der Waals surface area contributed by atoms with Gasteiger partial charge in [-0.25, -0.2) is 14.4 Å². The van der Waals surface area contributed by atoms with Gasteiger partial charge in [0.2, 0.25) is 11.9 Å². The summed E-state index contributed by atoms with van der Waals surface area (Å²) in [4.78, 5) is 20.7. The van der Waals surface area contributed by atoms with Crippen molar-refractivity contribution >= 4 is 11.9 Å². The Morgan fingerprint density at radius 2 is 2.00 bits per heavy atom. The molecular weight excluding hydrogens is 223 g/mol. The number of likely N-dealkylation sites (tertiary alicyclic amines) is 1. The lowest BCUT2D eigenvalue weighted by molar-refractivity contribution is -0.129. The van der Waals surface area contributed by atoms with Crippen LogP contribution in [0, 0.1) is 5.82 Å². The molecule has 0 spiro atoms. The summed E-state index contributed by atoms with van der Waals surface area (Å²) in [5.74, 6) is 0.108. The highest BCUT2D eigenvalue weighted by molar-refractivity contribution is 5.73. The van der Waals surface area contributed by atoms with Crippen molar-refractivity contribution < 1.29 is 9.18 Å². The largest absolute Gasteiger partial charge is 0.351 e. The van der Waals surface area contributed by atoms with Crippen molar-refractivity contribution in [3.8, 4) is 0 Å². The predicted molar refractivity (Wildman–Crippen MR) is 60.9 cm³/mol. The van der Waals surface area contributed by atoms with E-state index in [-0.39, 0.29) is 11.9 Å². The molecule has 2 rings (SSSR count). The molecule has 0 unspecified atom stereocenters. The lowest BCUT2D eigenvalue weighted by Crippen LogP contribution is -2.41. The highest BCUT2D eigenvalue weighted by Gasteiger charge is 2.20. The quantitative estimate of drug-likeness (QED) is 0.836. The second-order valence-electron chi connectivity index (χ2n) is 4.15. The zero-order valence-electron chi connectivity index (χ0n) is 9.69. The molecule has 1 aliphatic rings. The van der Waals surface area contributed by atoms with Crippen molar-refractivity contribution in [2.24, 2.45) is 0 Å². The normalized spacial score (nSPS) is 16.9. The average Bonchev–Trinajstić information content (AvgIpc) is 2.33. The summed E-state index contributed by atoms with van der Waals surface area (Å²) in [6, 6.07) is 0.246. The van der Waals surface area contributed by atoms with Gasteiger partial charge in [0, 0.05) is 26.1 Å². The minimum atomic E-state index is -0.443. The summed E-state index contributed by atoms with van der Waals surface area (Å²) in [6.07, 6.45) is 4.00. The number of halogens is 1. The first-order valence-electron chi connectivity index (χ1n) is 5.65. The third-order valence-corrected chi connectivity index (χ3v) is 2.89. The summed E-state index contributed by atoms with van der Waals surface area (Å²) in [7, 11) is 0. The van der Waals surface area contributed by atoms with Gasteiger partial charge in [0.1, 0.15) is 0 Å². The summed E-state index contributed by atoms with van der Waals surface area (Å²) in [5.41, 5.74) is 0. The smallest absolute Gasteiger partial charge is 0.222 e. The second kappa shape index (κ2) is 5.07. The number of carbonyl (C=O) groups excluding carboxylic acids is 1. The van der Waals surface area contributed by atoms with Crippen LogP contribution in [0.5, 0.6) is 0 Å². The minimum absolute atomic E-state index is 0.112. The number of carbonyl (C=O) groups is 1. The molecule has 5 nitrogen and oxygen atoms in total. The zero-order valence-corrected chi connectivity index (χ0v) is 9.69. The van der Waals surface area contributed by atoms with Gasteiger partial charge in [0.05, 0.1) is 12.4 Å². The molecule has 1 amide bonds. The van der Waals surface area contributed by atoms with E-state index in [2.05, 4.69) is 15.3 Å². The van der Waals surface area contributed by atoms with E-state index in [1.807, 2.05) is 4.90 Å². The Balaban J connectivity index is 1.85. The van der Waals surface area contributed by atoms with Crippen molar-refractivity contribution in [3.63, 3.8) is 0 Å². The first-order valence-corrected chi connectivity index (χ1v) is 5.65. The fourth-order valence-electron chi connectivity index (χ4n) is 1.91. The van der Waals surface area contributed by atoms with Crippen LogP contribution in [0.25, 0.3) is 0 Å². The van der Waals surface area contributed by atoms with Gasteiger partial charge in [-0.05, 0) is 12.8 Å². The topological polar surface area (TPSA) is 58.1 Å². The number of amides is 1. The van der Waals surface area contributed by atoms with E-state index in [0.717, 1.165) is 38.3 Å². The molecule has 6 heteroatoms. The first kappa shape index (κ1) is 11.8. The maximum atomic E-state index is 12.6. The van der Waals surface area contributed by atoms with Crippen LogP contribution in [0.3, 0.4) is 0 Å². The molecular formula is C11H15FN4O. The van der Waals surface area contributed by atoms with E-state index in [0.29, 0.717) is 5.95 Å². The Morgan fingerprint density at radius 1 is 1.41 bits per heavy atom. The summed E-state index contributed by atoms with van der Waals surface area (Å²) in [6.45, 7) is 3.07. The van der Waals surface area contributed by atoms with Crippen molar-refractivity contribution in [1.29, 1.82) is 0 Å². The SMILES string of the molecule is CC(=O)N1CCC(Nc2ncc(F)cn2)CC1. The van der Waals surface area contributed by atoms with E-state index < -0.39 is 5.82 Å². The molecule has 1 saturated heterocycles. The van der Waals surface area contributed by atoms with Crippen LogP contribution in [0.2, 0.25) is 0 Å². The fraction of sp³-hybridized carbons (Fsp3) is 0.545. The van der Waals surface area contributed by atoms with Crippen LogP contribution < -0.4 is 5.32 Å². The molecule has 92 valence electrons. The molecule has 2 heterocycles. The van der Waals surface area contributed by atoms with Gasteiger partial charge in [-0.3, -0.25) is 4.79 Å². The Bertz CT molecular complexity index is 387. The van der Waals surface area contributed by atoms with Crippen LogP contribution in [0.4, 0.5) is 10.3 Å². The molecule has 0 aromatic carbocycles. The number of hydrogen-bond acceptors (Lipinski definition) is 4. The molecule has 0 atom stereocenters. The van der Waals surface area contributed by atoms with E-state index in [9.17, 15) is 9.18 Å². The van der Waals surface area contributed by atoms with Crippen LogP contribution in [-0.4, -0.2) is 39.9 Å². The van der Waals surface area contributed by atoms with Crippen LogP contribution in [0.1, 0.15) is 19.8 Å². The monoisotopic (exact) mass is 238 g/mol. The van der Waals surface area contributed by atoms with Crippen molar-refractivity contribution in [2.45, 2.75) is 25.8 Å². The third kappa shape index (κ3) is 3.12. The Morgan fingerprint density at radius 3 is 2.53 bits per heavy atom. The molecule has 0 radical (unpaired) electrons.